The van der Waals surface area contributed by atoms with Crippen LogP contribution in [0.25, 0.3) is 16.3 Å². The summed E-state index contributed by atoms with van der Waals surface area (Å²) >= 11 is 0. The van der Waals surface area contributed by atoms with Crippen molar-refractivity contribution in [1.82, 2.24) is 0 Å². The zero-order valence-corrected chi connectivity index (χ0v) is 8.58. The summed E-state index contributed by atoms with van der Waals surface area (Å²) in [5, 5.41) is 2.11. The molecular weight excluding hydrogens is 206 g/mol. The molecule has 80 valence electrons. The molecule has 0 nitrogen and oxygen atoms in total. The van der Waals surface area contributed by atoms with Crippen molar-refractivity contribution in [3.8, 4) is 0 Å². The van der Waals surface area contributed by atoms with Gasteiger partial charge in [-0.3, -0.25) is 0 Å². The molecule has 2 heteroatoms. The first-order valence-electron chi connectivity index (χ1n) is 4.87. The highest BCUT2D eigenvalue weighted by molar-refractivity contribution is 5.87. The third-order valence-corrected chi connectivity index (χ3v) is 2.40. The zero-order valence-electron chi connectivity index (χ0n) is 8.58. The SMILES string of the molecule is C=C(C=C(F)F)c1ccc2ccccc2c1. The van der Waals surface area contributed by atoms with E-state index in [0.29, 0.717) is 11.1 Å². The molecule has 0 atom stereocenters. The number of hydrogen-bond acceptors (Lipinski definition) is 0. The fourth-order valence-electron chi connectivity index (χ4n) is 1.60. The molecule has 0 saturated heterocycles. The van der Waals surface area contributed by atoms with Crippen molar-refractivity contribution in [3.05, 3.63) is 66.8 Å². The summed E-state index contributed by atoms with van der Waals surface area (Å²) in [5.74, 6) is 0. The van der Waals surface area contributed by atoms with E-state index in [0.717, 1.165) is 16.8 Å². The molecule has 16 heavy (non-hydrogen) atoms. The summed E-state index contributed by atoms with van der Waals surface area (Å²) in [6.45, 7) is 3.62. The highest BCUT2D eigenvalue weighted by Crippen LogP contribution is 2.22. The molecule has 2 rings (SSSR count). The van der Waals surface area contributed by atoms with Crippen LogP contribution in [0.2, 0.25) is 0 Å². The fraction of sp³-hybridized carbons (Fsp3) is 0. The average molecular weight is 216 g/mol. The van der Waals surface area contributed by atoms with Crippen molar-refractivity contribution in [3.63, 3.8) is 0 Å². The van der Waals surface area contributed by atoms with E-state index in [1.165, 1.54) is 0 Å². The summed E-state index contributed by atoms with van der Waals surface area (Å²) in [4.78, 5) is 0. The van der Waals surface area contributed by atoms with Crippen LogP contribution in [0, 0.1) is 0 Å². The second-order valence-electron chi connectivity index (χ2n) is 3.52. The Hall–Kier alpha value is -1.96. The first kappa shape index (κ1) is 10.6. The third kappa shape index (κ3) is 2.16. The lowest BCUT2D eigenvalue weighted by molar-refractivity contribution is 0.422. The number of benzene rings is 2. The standard InChI is InChI=1S/C14H10F2/c1-10(8-14(15)16)12-7-6-11-4-2-3-5-13(11)9-12/h2-9H,1H2. The van der Waals surface area contributed by atoms with E-state index in [9.17, 15) is 8.78 Å². The minimum Gasteiger partial charge on any atom is -0.173 e. The van der Waals surface area contributed by atoms with Crippen LogP contribution in [0.1, 0.15) is 5.56 Å². The molecule has 0 aliphatic carbocycles. The summed E-state index contributed by atoms with van der Waals surface area (Å²) in [6.07, 6.45) is -0.942. The molecule has 0 aliphatic heterocycles. The van der Waals surface area contributed by atoms with Crippen LogP contribution < -0.4 is 0 Å². The minimum absolute atomic E-state index is 0.325. The lowest BCUT2D eigenvalue weighted by atomic mass is 10.0. The van der Waals surface area contributed by atoms with Gasteiger partial charge in [0.2, 0.25) is 0 Å². The molecule has 0 amide bonds. The van der Waals surface area contributed by atoms with E-state index < -0.39 is 6.08 Å². The van der Waals surface area contributed by atoms with E-state index in [2.05, 4.69) is 6.58 Å². The maximum absolute atomic E-state index is 12.1. The summed E-state index contributed by atoms with van der Waals surface area (Å²) in [6, 6.07) is 13.3. The number of halogens is 2. The maximum Gasteiger partial charge on any atom is 0.270 e. The topological polar surface area (TPSA) is 0 Å². The minimum atomic E-state index is -1.72. The summed E-state index contributed by atoms with van der Waals surface area (Å²) < 4.78 is 24.2. The quantitative estimate of drug-likeness (QED) is 0.642. The molecule has 0 bridgehead atoms. The number of allylic oxidation sites excluding steroid dienone is 2. The monoisotopic (exact) mass is 216 g/mol. The van der Waals surface area contributed by atoms with Crippen LogP contribution in [-0.2, 0) is 0 Å². The first-order valence-corrected chi connectivity index (χ1v) is 4.87. The number of rotatable bonds is 2. The summed E-state index contributed by atoms with van der Waals surface area (Å²) in [5.41, 5.74) is 1.04. The molecule has 2 aromatic carbocycles. The van der Waals surface area contributed by atoms with Gasteiger partial charge in [-0.15, -0.1) is 0 Å². The maximum atomic E-state index is 12.1. The van der Waals surface area contributed by atoms with Gasteiger partial charge in [0.1, 0.15) is 0 Å². The zero-order chi connectivity index (χ0) is 11.5. The van der Waals surface area contributed by atoms with Gasteiger partial charge < -0.3 is 0 Å². The molecule has 0 fully saturated rings. The second-order valence-corrected chi connectivity index (χ2v) is 3.52. The van der Waals surface area contributed by atoms with E-state index in [4.69, 9.17) is 0 Å². The molecule has 0 aromatic heterocycles. The summed E-state index contributed by atoms with van der Waals surface area (Å²) in [7, 11) is 0. The smallest absolute Gasteiger partial charge is 0.173 e. The first-order chi connectivity index (χ1) is 7.66. The Balaban J connectivity index is 2.47. The van der Waals surface area contributed by atoms with Crippen molar-refractivity contribution >= 4 is 16.3 Å². The lowest BCUT2D eigenvalue weighted by Crippen LogP contribution is -1.80. The third-order valence-electron chi connectivity index (χ3n) is 2.40. The molecule has 0 N–H and O–H groups in total. The van der Waals surface area contributed by atoms with Crippen molar-refractivity contribution in [2.24, 2.45) is 0 Å². The predicted molar refractivity (Wildman–Crippen MR) is 63.3 cm³/mol. The van der Waals surface area contributed by atoms with E-state index >= 15 is 0 Å². The average Bonchev–Trinajstić information content (AvgIpc) is 2.27. The molecule has 0 aliphatic rings. The van der Waals surface area contributed by atoms with E-state index in [1.54, 1.807) is 6.07 Å². The Morgan fingerprint density at radius 3 is 2.38 bits per heavy atom. The molecule has 2 aromatic rings. The van der Waals surface area contributed by atoms with Gasteiger partial charge in [-0.1, -0.05) is 43.0 Å². The molecule has 0 heterocycles. The molecule has 0 unspecified atom stereocenters. The normalized spacial score (nSPS) is 10.1. The van der Waals surface area contributed by atoms with Gasteiger partial charge in [-0.2, -0.15) is 8.78 Å². The Labute approximate surface area is 92.5 Å². The Bertz CT molecular complexity index is 564. The largest absolute Gasteiger partial charge is 0.270 e. The van der Waals surface area contributed by atoms with Gasteiger partial charge in [0.05, 0.1) is 0 Å². The van der Waals surface area contributed by atoms with Crippen molar-refractivity contribution in [2.45, 2.75) is 0 Å². The van der Waals surface area contributed by atoms with Crippen molar-refractivity contribution in [1.29, 1.82) is 0 Å². The molecule has 0 radical (unpaired) electrons. The highest BCUT2D eigenvalue weighted by atomic mass is 19.3. The number of hydrogen-bond donors (Lipinski definition) is 0. The lowest BCUT2D eigenvalue weighted by Gasteiger charge is -2.02. The van der Waals surface area contributed by atoms with Crippen LogP contribution >= 0.6 is 0 Å². The fourth-order valence-corrected chi connectivity index (χ4v) is 1.60. The molecule has 0 saturated carbocycles. The van der Waals surface area contributed by atoms with Gasteiger partial charge in [-0.25, -0.2) is 0 Å². The van der Waals surface area contributed by atoms with Crippen LogP contribution in [-0.4, -0.2) is 0 Å². The van der Waals surface area contributed by atoms with Gasteiger partial charge >= 0.3 is 0 Å². The van der Waals surface area contributed by atoms with Crippen molar-refractivity contribution in [2.75, 3.05) is 0 Å². The van der Waals surface area contributed by atoms with E-state index in [1.807, 2.05) is 36.4 Å². The van der Waals surface area contributed by atoms with Gasteiger partial charge in [0.15, 0.2) is 0 Å². The Morgan fingerprint density at radius 1 is 1.00 bits per heavy atom. The van der Waals surface area contributed by atoms with Crippen molar-refractivity contribution < 1.29 is 8.78 Å². The van der Waals surface area contributed by atoms with Gasteiger partial charge in [-0.05, 0) is 28.0 Å². The van der Waals surface area contributed by atoms with Crippen LogP contribution in [0.3, 0.4) is 0 Å². The molecule has 0 spiro atoms. The number of fused-ring (bicyclic) bond motifs is 1. The van der Waals surface area contributed by atoms with Gasteiger partial charge in [0.25, 0.3) is 6.08 Å². The second kappa shape index (κ2) is 4.27. The van der Waals surface area contributed by atoms with Crippen LogP contribution in [0.15, 0.2) is 61.2 Å². The Kier molecular flexibility index (Phi) is 2.82. The van der Waals surface area contributed by atoms with Gasteiger partial charge in [0, 0.05) is 6.08 Å². The Morgan fingerprint density at radius 2 is 1.69 bits per heavy atom. The van der Waals surface area contributed by atoms with E-state index in [-0.39, 0.29) is 0 Å². The van der Waals surface area contributed by atoms with Crippen LogP contribution in [0.4, 0.5) is 8.78 Å². The predicted octanol–water partition coefficient (Wildman–Crippen LogP) is 4.63. The highest BCUT2D eigenvalue weighted by Gasteiger charge is 2.00. The molecular formula is C14H10F2. The van der Waals surface area contributed by atoms with Crippen LogP contribution in [0.5, 0.6) is 0 Å².